The number of hydrogen-bond donors (Lipinski definition) is 1. The van der Waals surface area contributed by atoms with Crippen molar-refractivity contribution in [2.45, 2.75) is 33.2 Å². The Morgan fingerprint density at radius 2 is 2.15 bits per heavy atom. The van der Waals surface area contributed by atoms with Crippen molar-refractivity contribution in [3.8, 4) is 0 Å². The molecule has 106 valence electrons. The van der Waals surface area contributed by atoms with E-state index >= 15 is 0 Å². The monoisotopic (exact) mass is 272 g/mol. The molecule has 0 fully saturated rings. The van der Waals surface area contributed by atoms with E-state index in [1.807, 2.05) is 46.0 Å². The summed E-state index contributed by atoms with van der Waals surface area (Å²) in [5.74, 6) is -0.0948. The minimum Gasteiger partial charge on any atom is -0.348 e. The van der Waals surface area contributed by atoms with Crippen molar-refractivity contribution in [3.63, 3.8) is 0 Å². The fraction of sp³-hybridized carbons (Fsp3) is 0.400. The van der Waals surface area contributed by atoms with Crippen LogP contribution in [0.4, 0.5) is 0 Å². The number of pyridine rings is 1. The lowest BCUT2D eigenvalue weighted by Crippen LogP contribution is -2.35. The summed E-state index contributed by atoms with van der Waals surface area (Å²) in [7, 11) is 1.82. The summed E-state index contributed by atoms with van der Waals surface area (Å²) >= 11 is 0. The van der Waals surface area contributed by atoms with Crippen LogP contribution in [0.1, 0.15) is 34.5 Å². The van der Waals surface area contributed by atoms with Gasteiger partial charge in [0, 0.05) is 30.9 Å². The van der Waals surface area contributed by atoms with Crippen molar-refractivity contribution in [2.24, 2.45) is 7.05 Å². The predicted octanol–water partition coefficient (Wildman–Crippen LogP) is 1.79. The van der Waals surface area contributed by atoms with Gasteiger partial charge < -0.3 is 9.88 Å². The van der Waals surface area contributed by atoms with Gasteiger partial charge in [0.1, 0.15) is 5.69 Å². The van der Waals surface area contributed by atoms with Crippen LogP contribution in [0.2, 0.25) is 0 Å². The van der Waals surface area contributed by atoms with Crippen LogP contribution in [0.5, 0.6) is 0 Å². The summed E-state index contributed by atoms with van der Waals surface area (Å²) in [6, 6.07) is 5.94. The minimum atomic E-state index is -0.0948. The minimum absolute atomic E-state index is 0.0195. The Kier molecular flexibility index (Phi) is 4.17. The van der Waals surface area contributed by atoms with Crippen LogP contribution in [0.25, 0.3) is 0 Å². The summed E-state index contributed by atoms with van der Waals surface area (Å²) < 4.78 is 1.74. The molecule has 0 aliphatic heterocycles. The van der Waals surface area contributed by atoms with E-state index in [9.17, 15) is 4.79 Å². The molecule has 2 aromatic heterocycles. The molecule has 0 unspecified atom stereocenters. The highest BCUT2D eigenvalue weighted by Gasteiger charge is 2.16. The van der Waals surface area contributed by atoms with Crippen LogP contribution in [0, 0.1) is 13.8 Å². The number of aryl methyl sites for hydroxylation is 3. The molecule has 5 nitrogen and oxygen atoms in total. The van der Waals surface area contributed by atoms with Crippen molar-refractivity contribution in [1.29, 1.82) is 0 Å². The number of aromatic nitrogens is 3. The highest BCUT2D eigenvalue weighted by molar-refractivity contribution is 5.93. The van der Waals surface area contributed by atoms with E-state index in [4.69, 9.17) is 0 Å². The molecule has 20 heavy (non-hydrogen) atoms. The number of nitrogens with zero attached hydrogens (tertiary/aromatic N) is 3. The van der Waals surface area contributed by atoms with E-state index in [1.54, 1.807) is 10.9 Å². The quantitative estimate of drug-likeness (QED) is 0.923. The summed E-state index contributed by atoms with van der Waals surface area (Å²) in [4.78, 5) is 20.8. The SMILES string of the molecule is Cc1cccc(C[C@H](C)NC(=O)c2c(C)ncn2C)n1. The molecule has 0 bridgehead atoms. The number of nitrogens with one attached hydrogen (secondary N) is 1. The van der Waals surface area contributed by atoms with Gasteiger partial charge in [-0.1, -0.05) is 6.07 Å². The van der Waals surface area contributed by atoms with Crippen LogP contribution >= 0.6 is 0 Å². The van der Waals surface area contributed by atoms with Crippen LogP contribution in [-0.4, -0.2) is 26.5 Å². The van der Waals surface area contributed by atoms with Gasteiger partial charge >= 0.3 is 0 Å². The van der Waals surface area contributed by atoms with Crippen molar-refractivity contribution >= 4 is 5.91 Å². The third kappa shape index (κ3) is 3.23. The normalized spacial score (nSPS) is 12.2. The van der Waals surface area contributed by atoms with E-state index in [2.05, 4.69) is 15.3 Å². The van der Waals surface area contributed by atoms with Crippen LogP contribution in [0.3, 0.4) is 0 Å². The molecule has 0 aromatic carbocycles. The van der Waals surface area contributed by atoms with Gasteiger partial charge in [0.05, 0.1) is 12.0 Å². The van der Waals surface area contributed by atoms with Gasteiger partial charge in [0.25, 0.3) is 5.91 Å². The summed E-state index contributed by atoms with van der Waals surface area (Å²) in [5, 5.41) is 2.99. The first kappa shape index (κ1) is 14.2. The molecule has 1 amide bonds. The molecule has 0 spiro atoms. The molecule has 0 saturated heterocycles. The van der Waals surface area contributed by atoms with Crippen LogP contribution < -0.4 is 5.32 Å². The summed E-state index contributed by atoms with van der Waals surface area (Å²) in [5.41, 5.74) is 3.32. The lowest BCUT2D eigenvalue weighted by atomic mass is 10.1. The Morgan fingerprint density at radius 1 is 1.40 bits per heavy atom. The Bertz CT molecular complexity index is 599. The highest BCUT2D eigenvalue weighted by Crippen LogP contribution is 2.06. The highest BCUT2D eigenvalue weighted by atomic mass is 16.2. The van der Waals surface area contributed by atoms with Crippen molar-refractivity contribution in [1.82, 2.24) is 19.9 Å². The molecule has 0 aliphatic carbocycles. The largest absolute Gasteiger partial charge is 0.348 e. The molecule has 0 radical (unpaired) electrons. The second-order valence-corrected chi connectivity index (χ2v) is 5.14. The lowest BCUT2D eigenvalue weighted by molar-refractivity contribution is 0.0931. The second-order valence-electron chi connectivity index (χ2n) is 5.14. The molecule has 0 aliphatic rings. The molecule has 2 rings (SSSR count). The first-order chi connectivity index (χ1) is 9.47. The zero-order valence-electron chi connectivity index (χ0n) is 12.3. The van der Waals surface area contributed by atoms with Crippen molar-refractivity contribution < 1.29 is 4.79 Å². The van der Waals surface area contributed by atoms with Gasteiger partial charge in [-0.15, -0.1) is 0 Å². The molecular formula is C15H20N4O. The number of carbonyl (C=O) groups is 1. The smallest absolute Gasteiger partial charge is 0.270 e. The maximum atomic E-state index is 12.2. The Hall–Kier alpha value is -2.17. The predicted molar refractivity (Wildman–Crippen MR) is 77.6 cm³/mol. The van der Waals surface area contributed by atoms with Crippen LogP contribution in [-0.2, 0) is 13.5 Å². The number of hydrogen-bond acceptors (Lipinski definition) is 3. The summed E-state index contributed by atoms with van der Waals surface area (Å²) in [6.07, 6.45) is 2.36. The van der Waals surface area contributed by atoms with Crippen molar-refractivity contribution in [2.75, 3.05) is 0 Å². The number of amides is 1. The second kappa shape index (κ2) is 5.86. The fourth-order valence-corrected chi connectivity index (χ4v) is 2.24. The Morgan fingerprint density at radius 3 is 2.75 bits per heavy atom. The van der Waals surface area contributed by atoms with Gasteiger partial charge in [0.15, 0.2) is 0 Å². The Balaban J connectivity index is 2.01. The van der Waals surface area contributed by atoms with Gasteiger partial charge in [-0.2, -0.15) is 0 Å². The molecule has 1 N–H and O–H groups in total. The lowest BCUT2D eigenvalue weighted by Gasteiger charge is -2.14. The summed E-state index contributed by atoms with van der Waals surface area (Å²) in [6.45, 7) is 5.78. The van der Waals surface area contributed by atoms with Gasteiger partial charge in [0.2, 0.25) is 0 Å². The zero-order valence-corrected chi connectivity index (χ0v) is 12.3. The molecule has 1 atom stereocenters. The molecular weight excluding hydrogens is 252 g/mol. The van der Waals surface area contributed by atoms with Crippen LogP contribution in [0.15, 0.2) is 24.5 Å². The first-order valence-electron chi connectivity index (χ1n) is 6.68. The molecule has 2 aromatic rings. The van der Waals surface area contributed by atoms with E-state index in [0.29, 0.717) is 12.1 Å². The third-order valence-corrected chi connectivity index (χ3v) is 3.17. The van der Waals surface area contributed by atoms with Gasteiger partial charge in [-0.3, -0.25) is 9.78 Å². The molecule has 2 heterocycles. The zero-order chi connectivity index (χ0) is 14.7. The molecule has 5 heteroatoms. The van der Waals surface area contributed by atoms with E-state index in [1.165, 1.54) is 0 Å². The maximum absolute atomic E-state index is 12.2. The Labute approximate surface area is 119 Å². The maximum Gasteiger partial charge on any atom is 0.270 e. The average molecular weight is 272 g/mol. The van der Waals surface area contributed by atoms with Gasteiger partial charge in [-0.05, 0) is 32.9 Å². The van der Waals surface area contributed by atoms with E-state index in [0.717, 1.165) is 17.1 Å². The van der Waals surface area contributed by atoms with E-state index in [-0.39, 0.29) is 11.9 Å². The standard InChI is InChI=1S/C15H20N4O/c1-10-6-5-7-13(17-10)8-11(2)18-15(20)14-12(3)16-9-19(14)4/h5-7,9,11H,8H2,1-4H3,(H,18,20)/t11-/m0/s1. The average Bonchev–Trinajstić information content (AvgIpc) is 2.68. The number of carbonyl (C=O) groups excluding carboxylic acids is 1. The number of imidazole rings is 1. The topological polar surface area (TPSA) is 59.8 Å². The number of rotatable bonds is 4. The van der Waals surface area contributed by atoms with Crippen molar-refractivity contribution in [3.05, 3.63) is 47.3 Å². The first-order valence-corrected chi connectivity index (χ1v) is 6.68. The van der Waals surface area contributed by atoms with Gasteiger partial charge in [-0.25, -0.2) is 4.98 Å². The fourth-order valence-electron chi connectivity index (χ4n) is 2.24. The molecule has 0 saturated carbocycles. The van der Waals surface area contributed by atoms with E-state index < -0.39 is 0 Å². The third-order valence-electron chi connectivity index (χ3n) is 3.17.